The Hall–Kier alpha value is -2.96. The van der Waals surface area contributed by atoms with Gasteiger partial charge >= 0.3 is 5.97 Å². The fourth-order valence-electron chi connectivity index (χ4n) is 3.78. The van der Waals surface area contributed by atoms with Gasteiger partial charge in [0, 0.05) is 5.02 Å². The minimum absolute atomic E-state index is 0.199. The number of allylic oxidation sites excluding steroid dienone is 1. The van der Waals surface area contributed by atoms with E-state index in [1.165, 1.54) is 24.0 Å². The van der Waals surface area contributed by atoms with Crippen LogP contribution in [0.15, 0.2) is 69.6 Å². The molecule has 3 aromatic rings. The molecule has 0 fully saturated rings. The summed E-state index contributed by atoms with van der Waals surface area (Å²) in [6.07, 6.45) is 1.87. The number of hydrogen-bond acceptors (Lipinski definition) is 5. The molecule has 7 heteroatoms. The number of esters is 1. The minimum atomic E-state index is -0.638. The van der Waals surface area contributed by atoms with Crippen LogP contribution in [-0.2, 0) is 9.53 Å². The van der Waals surface area contributed by atoms with Gasteiger partial charge in [0.25, 0.3) is 5.56 Å². The van der Waals surface area contributed by atoms with Crippen molar-refractivity contribution in [2.75, 3.05) is 7.11 Å². The molecule has 0 saturated heterocycles. The van der Waals surface area contributed by atoms with Crippen LogP contribution in [0.4, 0.5) is 0 Å². The molecule has 0 unspecified atom stereocenters. The van der Waals surface area contributed by atoms with Gasteiger partial charge in [-0.3, -0.25) is 9.36 Å². The van der Waals surface area contributed by atoms with Crippen molar-refractivity contribution in [1.29, 1.82) is 0 Å². The van der Waals surface area contributed by atoms with Crippen molar-refractivity contribution in [2.24, 2.45) is 4.99 Å². The van der Waals surface area contributed by atoms with Crippen LogP contribution in [0.1, 0.15) is 49.4 Å². The highest BCUT2D eigenvalue weighted by Crippen LogP contribution is 2.31. The van der Waals surface area contributed by atoms with Gasteiger partial charge in [-0.05, 0) is 47.7 Å². The molecule has 2 heterocycles. The number of carbonyl (C=O) groups is 1. The molecule has 5 nitrogen and oxygen atoms in total. The predicted octanol–water partition coefficient (Wildman–Crippen LogP) is 4.19. The third-order valence-corrected chi connectivity index (χ3v) is 6.75. The lowest BCUT2D eigenvalue weighted by Crippen LogP contribution is -2.39. The number of nitrogens with zero attached hydrogens (tertiary/aromatic N) is 2. The van der Waals surface area contributed by atoms with E-state index in [-0.39, 0.29) is 5.56 Å². The number of hydrogen-bond donors (Lipinski definition) is 0. The average molecular weight is 467 g/mol. The first-order chi connectivity index (χ1) is 15.3. The summed E-state index contributed by atoms with van der Waals surface area (Å²) in [5.41, 5.74) is 3.62. The second-order valence-corrected chi connectivity index (χ2v) is 9.39. The van der Waals surface area contributed by atoms with Crippen LogP contribution < -0.4 is 14.9 Å². The van der Waals surface area contributed by atoms with Crippen LogP contribution in [0.5, 0.6) is 0 Å². The summed E-state index contributed by atoms with van der Waals surface area (Å²) >= 11 is 7.38. The molecule has 1 atom stereocenters. The molecule has 0 N–H and O–H groups in total. The Morgan fingerprint density at radius 3 is 2.41 bits per heavy atom. The Balaban J connectivity index is 1.91. The summed E-state index contributed by atoms with van der Waals surface area (Å²) in [5.74, 6) is -0.0711. The number of ether oxygens (including phenoxy) is 1. The van der Waals surface area contributed by atoms with E-state index in [0.29, 0.717) is 31.5 Å². The van der Waals surface area contributed by atoms with Crippen LogP contribution in [-0.4, -0.2) is 17.6 Å². The monoisotopic (exact) mass is 466 g/mol. The highest BCUT2D eigenvalue weighted by Gasteiger charge is 2.33. The second kappa shape index (κ2) is 8.88. The lowest BCUT2D eigenvalue weighted by atomic mass is 9.96. The Labute approximate surface area is 195 Å². The zero-order valence-corrected chi connectivity index (χ0v) is 19.8. The molecule has 0 amide bonds. The molecule has 4 rings (SSSR count). The van der Waals surface area contributed by atoms with Crippen molar-refractivity contribution < 1.29 is 9.53 Å². The molecule has 2 aromatic carbocycles. The maximum Gasteiger partial charge on any atom is 0.338 e. The molecule has 1 aliphatic rings. The molecular formula is C25H23ClN2O3S. The predicted molar refractivity (Wildman–Crippen MR) is 128 cm³/mol. The van der Waals surface area contributed by atoms with Gasteiger partial charge in [-0.2, -0.15) is 0 Å². The lowest BCUT2D eigenvalue weighted by Gasteiger charge is -2.24. The molecule has 0 saturated carbocycles. The van der Waals surface area contributed by atoms with Crippen molar-refractivity contribution in [1.82, 2.24) is 4.57 Å². The van der Waals surface area contributed by atoms with Gasteiger partial charge in [-0.15, -0.1) is 0 Å². The van der Waals surface area contributed by atoms with Crippen molar-refractivity contribution in [3.05, 3.63) is 101 Å². The zero-order chi connectivity index (χ0) is 23.0. The van der Waals surface area contributed by atoms with Gasteiger partial charge in [0.15, 0.2) is 4.80 Å². The average Bonchev–Trinajstić information content (AvgIpc) is 3.08. The summed E-state index contributed by atoms with van der Waals surface area (Å²) in [4.78, 5) is 31.2. The molecule has 1 aromatic heterocycles. The first-order valence-electron chi connectivity index (χ1n) is 10.3. The molecule has 164 valence electrons. The van der Waals surface area contributed by atoms with Gasteiger partial charge in [0.2, 0.25) is 0 Å². The van der Waals surface area contributed by atoms with Gasteiger partial charge in [0.1, 0.15) is 0 Å². The molecule has 0 aliphatic carbocycles. The van der Waals surface area contributed by atoms with Crippen molar-refractivity contribution in [3.63, 3.8) is 0 Å². The van der Waals surface area contributed by atoms with E-state index < -0.39 is 12.0 Å². The number of carbonyl (C=O) groups excluding carboxylic acids is 1. The molecular weight excluding hydrogens is 444 g/mol. The summed E-state index contributed by atoms with van der Waals surface area (Å²) in [5, 5.41) is 0.575. The number of methoxy groups -OCH3 is 1. The third-order valence-electron chi connectivity index (χ3n) is 5.51. The maximum absolute atomic E-state index is 13.5. The van der Waals surface area contributed by atoms with Crippen LogP contribution in [0.25, 0.3) is 6.08 Å². The number of thiazole rings is 1. The van der Waals surface area contributed by atoms with Gasteiger partial charge in [-0.1, -0.05) is 73.2 Å². The van der Waals surface area contributed by atoms with Crippen LogP contribution in [0.2, 0.25) is 5.02 Å². The largest absolute Gasteiger partial charge is 0.466 e. The SMILES string of the molecule is COC(=O)C1=C(C)N=c2s/c(=C\c3ccc(C(C)C)cc3)c(=O)n2[C@@H]1c1ccc(Cl)cc1. The first-order valence-corrected chi connectivity index (χ1v) is 11.5. The van der Waals surface area contributed by atoms with E-state index in [1.54, 1.807) is 23.6 Å². The standard InChI is InChI=1S/C25H23ClN2O3S/c1-14(2)17-7-5-16(6-8-17)13-20-23(29)28-22(18-9-11-19(26)12-10-18)21(24(30)31-4)15(3)27-25(28)32-20/h5-14,22H,1-4H3/b20-13-/t22-/m1/s1. The third kappa shape index (κ3) is 4.08. The Kier molecular flexibility index (Phi) is 6.17. The van der Waals surface area contributed by atoms with Crippen molar-refractivity contribution in [3.8, 4) is 0 Å². The zero-order valence-electron chi connectivity index (χ0n) is 18.3. The number of halogens is 1. The number of fused-ring (bicyclic) bond motifs is 1. The summed E-state index contributed by atoms with van der Waals surface area (Å²) in [6.45, 7) is 6.05. The van der Waals surface area contributed by atoms with Gasteiger partial charge in [-0.25, -0.2) is 9.79 Å². The Bertz CT molecular complexity index is 1380. The Morgan fingerprint density at radius 1 is 1.16 bits per heavy atom. The summed E-state index contributed by atoms with van der Waals surface area (Å²) in [6, 6.07) is 14.6. The fourth-order valence-corrected chi connectivity index (χ4v) is 4.95. The first kappa shape index (κ1) is 22.2. The number of rotatable bonds is 4. The topological polar surface area (TPSA) is 60.7 Å². The quantitative estimate of drug-likeness (QED) is 0.542. The second-order valence-electron chi connectivity index (χ2n) is 7.95. The molecule has 1 aliphatic heterocycles. The number of benzene rings is 2. The van der Waals surface area contributed by atoms with Crippen LogP contribution in [0.3, 0.4) is 0 Å². The summed E-state index contributed by atoms with van der Waals surface area (Å²) in [7, 11) is 1.33. The summed E-state index contributed by atoms with van der Waals surface area (Å²) < 4.78 is 7.15. The fraction of sp³-hybridized carbons (Fsp3) is 0.240. The van der Waals surface area contributed by atoms with E-state index in [4.69, 9.17) is 16.3 Å². The molecule has 0 bridgehead atoms. The lowest BCUT2D eigenvalue weighted by molar-refractivity contribution is -0.136. The highest BCUT2D eigenvalue weighted by molar-refractivity contribution is 7.07. The van der Waals surface area contributed by atoms with Gasteiger partial charge in [0.05, 0.1) is 29.0 Å². The smallest absolute Gasteiger partial charge is 0.338 e. The van der Waals surface area contributed by atoms with E-state index in [2.05, 4.69) is 31.0 Å². The van der Waals surface area contributed by atoms with E-state index in [9.17, 15) is 9.59 Å². The van der Waals surface area contributed by atoms with Crippen molar-refractivity contribution in [2.45, 2.75) is 32.7 Å². The minimum Gasteiger partial charge on any atom is -0.466 e. The van der Waals surface area contributed by atoms with Gasteiger partial charge < -0.3 is 4.74 Å². The highest BCUT2D eigenvalue weighted by atomic mass is 35.5. The number of aromatic nitrogens is 1. The van der Waals surface area contributed by atoms with E-state index in [1.807, 2.05) is 30.3 Å². The van der Waals surface area contributed by atoms with Crippen LogP contribution in [0, 0.1) is 0 Å². The Morgan fingerprint density at radius 2 is 1.81 bits per heavy atom. The molecule has 32 heavy (non-hydrogen) atoms. The van der Waals surface area contributed by atoms with Crippen molar-refractivity contribution >= 4 is 35.0 Å². The molecule has 0 radical (unpaired) electrons. The van der Waals surface area contributed by atoms with E-state index >= 15 is 0 Å². The van der Waals surface area contributed by atoms with Crippen LogP contribution >= 0.6 is 22.9 Å². The molecule has 0 spiro atoms. The normalized spacial score (nSPS) is 16.2. The maximum atomic E-state index is 13.5. The van der Waals surface area contributed by atoms with E-state index in [0.717, 1.165) is 11.1 Å².